The van der Waals surface area contributed by atoms with Crippen LogP contribution in [0.2, 0.25) is 0 Å². The van der Waals surface area contributed by atoms with Crippen molar-refractivity contribution in [3.63, 3.8) is 0 Å². The Labute approximate surface area is 123 Å². The Morgan fingerprint density at radius 1 is 1.24 bits per heavy atom. The highest BCUT2D eigenvalue weighted by atomic mass is 16.3. The van der Waals surface area contributed by atoms with Gasteiger partial charge < -0.3 is 15.7 Å². The van der Waals surface area contributed by atoms with Gasteiger partial charge >= 0.3 is 0 Å². The van der Waals surface area contributed by atoms with E-state index in [0.717, 1.165) is 5.56 Å². The summed E-state index contributed by atoms with van der Waals surface area (Å²) in [6.45, 7) is 2.52. The molecule has 0 saturated carbocycles. The van der Waals surface area contributed by atoms with E-state index in [1.165, 1.54) is 11.1 Å². The zero-order chi connectivity index (χ0) is 14.8. The van der Waals surface area contributed by atoms with E-state index in [0.29, 0.717) is 18.7 Å². The molecule has 0 fully saturated rings. The van der Waals surface area contributed by atoms with Crippen LogP contribution in [0.5, 0.6) is 5.75 Å². The van der Waals surface area contributed by atoms with Crippen molar-refractivity contribution in [2.45, 2.75) is 25.9 Å². The van der Waals surface area contributed by atoms with Gasteiger partial charge in [-0.3, -0.25) is 4.79 Å². The summed E-state index contributed by atoms with van der Waals surface area (Å²) in [5.41, 5.74) is 3.92. The number of amides is 1. The summed E-state index contributed by atoms with van der Waals surface area (Å²) in [6, 6.07) is 13.0. The van der Waals surface area contributed by atoms with Gasteiger partial charge in [0.1, 0.15) is 5.75 Å². The SMILES string of the molecule is Cc1cc(NC(=O)[C@H]2Cc3ccccc3CN2)ccc1O. The molecule has 3 rings (SSSR count). The van der Waals surface area contributed by atoms with E-state index in [1.54, 1.807) is 25.1 Å². The minimum atomic E-state index is -0.228. The van der Waals surface area contributed by atoms with Crippen molar-refractivity contribution in [1.82, 2.24) is 5.32 Å². The maximum atomic E-state index is 12.3. The number of carbonyl (C=O) groups is 1. The molecule has 4 nitrogen and oxygen atoms in total. The molecule has 0 saturated heterocycles. The molecule has 21 heavy (non-hydrogen) atoms. The molecule has 0 bridgehead atoms. The van der Waals surface area contributed by atoms with E-state index >= 15 is 0 Å². The first kappa shape index (κ1) is 13.6. The highest BCUT2D eigenvalue weighted by Crippen LogP contribution is 2.21. The number of nitrogens with one attached hydrogen (secondary N) is 2. The molecule has 2 aromatic rings. The van der Waals surface area contributed by atoms with Crippen LogP contribution >= 0.6 is 0 Å². The maximum Gasteiger partial charge on any atom is 0.241 e. The number of aryl methyl sites for hydroxylation is 1. The summed E-state index contributed by atoms with van der Waals surface area (Å²) in [5, 5.41) is 15.7. The van der Waals surface area contributed by atoms with Crippen molar-refractivity contribution in [3.8, 4) is 5.75 Å². The zero-order valence-electron chi connectivity index (χ0n) is 11.9. The number of carbonyl (C=O) groups excluding carboxylic acids is 1. The first-order chi connectivity index (χ1) is 10.1. The number of hydrogen-bond acceptors (Lipinski definition) is 3. The van der Waals surface area contributed by atoms with Crippen LogP contribution in [0.1, 0.15) is 16.7 Å². The molecule has 4 heteroatoms. The average molecular weight is 282 g/mol. The smallest absolute Gasteiger partial charge is 0.241 e. The third-order valence-corrected chi connectivity index (χ3v) is 3.86. The van der Waals surface area contributed by atoms with Crippen molar-refractivity contribution in [3.05, 3.63) is 59.2 Å². The molecule has 0 aliphatic carbocycles. The highest BCUT2D eigenvalue weighted by Gasteiger charge is 2.23. The number of hydrogen-bond donors (Lipinski definition) is 3. The monoisotopic (exact) mass is 282 g/mol. The minimum absolute atomic E-state index is 0.0467. The number of benzene rings is 2. The van der Waals surface area contributed by atoms with Gasteiger partial charge in [-0.25, -0.2) is 0 Å². The summed E-state index contributed by atoms with van der Waals surface area (Å²) < 4.78 is 0. The summed E-state index contributed by atoms with van der Waals surface area (Å²) in [4.78, 5) is 12.3. The van der Waals surface area contributed by atoms with Gasteiger partial charge in [0.2, 0.25) is 5.91 Å². The van der Waals surface area contributed by atoms with Crippen molar-refractivity contribution in [2.75, 3.05) is 5.32 Å². The molecule has 2 aromatic carbocycles. The molecule has 1 amide bonds. The molecule has 1 aliphatic rings. The Morgan fingerprint density at radius 3 is 2.76 bits per heavy atom. The highest BCUT2D eigenvalue weighted by molar-refractivity contribution is 5.95. The van der Waals surface area contributed by atoms with Crippen LogP contribution in [-0.2, 0) is 17.8 Å². The second-order valence-electron chi connectivity index (χ2n) is 5.40. The van der Waals surface area contributed by atoms with Gasteiger partial charge in [-0.1, -0.05) is 24.3 Å². The van der Waals surface area contributed by atoms with Gasteiger partial charge in [-0.05, 0) is 48.2 Å². The van der Waals surface area contributed by atoms with Crippen LogP contribution in [0, 0.1) is 6.92 Å². The average Bonchev–Trinajstić information content (AvgIpc) is 2.50. The molecule has 0 spiro atoms. The van der Waals surface area contributed by atoms with Crippen LogP contribution in [0.15, 0.2) is 42.5 Å². The molecule has 0 unspecified atom stereocenters. The molecular weight excluding hydrogens is 264 g/mol. The van der Waals surface area contributed by atoms with Crippen molar-refractivity contribution >= 4 is 11.6 Å². The van der Waals surface area contributed by atoms with E-state index in [-0.39, 0.29) is 17.7 Å². The normalized spacial score (nSPS) is 17.1. The third kappa shape index (κ3) is 2.90. The van der Waals surface area contributed by atoms with Crippen molar-refractivity contribution in [2.24, 2.45) is 0 Å². The predicted molar refractivity (Wildman–Crippen MR) is 82.2 cm³/mol. The van der Waals surface area contributed by atoms with E-state index in [1.807, 2.05) is 12.1 Å². The zero-order valence-corrected chi connectivity index (χ0v) is 11.9. The molecule has 1 aliphatic heterocycles. The van der Waals surface area contributed by atoms with Gasteiger partial charge in [0.05, 0.1) is 6.04 Å². The lowest BCUT2D eigenvalue weighted by Gasteiger charge is -2.25. The second-order valence-corrected chi connectivity index (χ2v) is 5.40. The predicted octanol–water partition coefficient (Wildman–Crippen LogP) is 2.35. The fraction of sp³-hybridized carbons (Fsp3) is 0.235. The quantitative estimate of drug-likeness (QED) is 0.741. The maximum absolute atomic E-state index is 12.3. The topological polar surface area (TPSA) is 61.4 Å². The first-order valence-corrected chi connectivity index (χ1v) is 7.04. The Kier molecular flexibility index (Phi) is 3.62. The summed E-state index contributed by atoms with van der Waals surface area (Å²) in [5.74, 6) is 0.187. The van der Waals surface area contributed by atoms with Crippen LogP contribution in [-0.4, -0.2) is 17.1 Å². The van der Waals surface area contributed by atoms with E-state index < -0.39 is 0 Å². The van der Waals surface area contributed by atoms with Gasteiger partial charge in [-0.2, -0.15) is 0 Å². The van der Waals surface area contributed by atoms with Crippen LogP contribution in [0.3, 0.4) is 0 Å². The van der Waals surface area contributed by atoms with Gasteiger partial charge in [0.15, 0.2) is 0 Å². The summed E-state index contributed by atoms with van der Waals surface area (Å²) in [6.07, 6.45) is 0.694. The molecule has 0 radical (unpaired) electrons. The van der Waals surface area contributed by atoms with Gasteiger partial charge in [-0.15, -0.1) is 0 Å². The first-order valence-electron chi connectivity index (χ1n) is 7.04. The molecular formula is C17H18N2O2. The second kappa shape index (κ2) is 5.58. The molecule has 108 valence electrons. The van der Waals surface area contributed by atoms with Crippen molar-refractivity contribution in [1.29, 1.82) is 0 Å². The van der Waals surface area contributed by atoms with Crippen LogP contribution in [0.25, 0.3) is 0 Å². The Balaban J connectivity index is 1.70. The number of phenols is 1. The number of fused-ring (bicyclic) bond motifs is 1. The lowest BCUT2D eigenvalue weighted by atomic mass is 9.95. The lowest BCUT2D eigenvalue weighted by molar-refractivity contribution is -0.118. The van der Waals surface area contributed by atoms with Gasteiger partial charge in [0, 0.05) is 12.2 Å². The Hall–Kier alpha value is -2.33. The molecule has 1 heterocycles. The van der Waals surface area contributed by atoms with E-state index in [4.69, 9.17) is 0 Å². The largest absolute Gasteiger partial charge is 0.508 e. The fourth-order valence-electron chi connectivity index (χ4n) is 2.60. The summed E-state index contributed by atoms with van der Waals surface area (Å²) >= 11 is 0. The number of rotatable bonds is 2. The standard InChI is InChI=1S/C17H18N2O2/c1-11-8-14(6-7-16(11)20)19-17(21)15-9-12-4-2-3-5-13(12)10-18-15/h2-8,15,18,20H,9-10H2,1H3,(H,19,21)/t15-/m1/s1. The molecule has 3 N–H and O–H groups in total. The summed E-state index contributed by atoms with van der Waals surface area (Å²) in [7, 11) is 0. The van der Waals surface area contributed by atoms with E-state index in [9.17, 15) is 9.90 Å². The third-order valence-electron chi connectivity index (χ3n) is 3.86. The van der Waals surface area contributed by atoms with E-state index in [2.05, 4.69) is 22.8 Å². The number of aromatic hydroxyl groups is 1. The Bertz CT molecular complexity index is 682. The molecule has 1 atom stereocenters. The van der Waals surface area contributed by atoms with Crippen LogP contribution in [0.4, 0.5) is 5.69 Å². The molecule has 0 aromatic heterocycles. The lowest BCUT2D eigenvalue weighted by Crippen LogP contribution is -2.44. The minimum Gasteiger partial charge on any atom is -0.508 e. The fourth-order valence-corrected chi connectivity index (χ4v) is 2.60. The van der Waals surface area contributed by atoms with Crippen LogP contribution < -0.4 is 10.6 Å². The number of phenolic OH excluding ortho intramolecular Hbond substituents is 1. The van der Waals surface area contributed by atoms with Gasteiger partial charge in [0.25, 0.3) is 0 Å². The Morgan fingerprint density at radius 2 is 2.00 bits per heavy atom. The van der Waals surface area contributed by atoms with Crippen molar-refractivity contribution < 1.29 is 9.90 Å². The number of anilines is 1.